The number of aliphatic carboxylic acids is 1. The molecule has 0 aliphatic carbocycles. The third-order valence-electron chi connectivity index (χ3n) is 4.40. The van der Waals surface area contributed by atoms with E-state index in [4.69, 9.17) is 17.0 Å². The summed E-state index contributed by atoms with van der Waals surface area (Å²) >= 11 is 5.36. The molecule has 0 radical (unpaired) electrons. The standard InChI is InChI=1S/C19H19FN2O3S/c1-11(12-6-8-13(20)9-7-12)21-18(26)22-15-4-3-5-16-14(15)10-19(2,25-16)17(23)24/h3-9,11H,10H2,1-2H3,(H,23,24)(H2,21,22,26). The molecule has 136 valence electrons. The summed E-state index contributed by atoms with van der Waals surface area (Å²) in [6.45, 7) is 3.47. The van der Waals surface area contributed by atoms with Crippen molar-refractivity contribution in [2.24, 2.45) is 0 Å². The van der Waals surface area contributed by atoms with Crippen molar-refractivity contribution < 1.29 is 19.0 Å². The van der Waals surface area contributed by atoms with Crippen LogP contribution < -0.4 is 15.4 Å². The number of nitrogens with one attached hydrogen (secondary N) is 2. The molecule has 0 amide bonds. The Morgan fingerprint density at radius 2 is 2.00 bits per heavy atom. The van der Waals surface area contributed by atoms with E-state index >= 15 is 0 Å². The molecule has 2 aromatic rings. The van der Waals surface area contributed by atoms with Crippen LogP contribution in [0.1, 0.15) is 31.0 Å². The van der Waals surface area contributed by atoms with E-state index in [2.05, 4.69) is 10.6 Å². The number of halogens is 1. The van der Waals surface area contributed by atoms with Crippen LogP contribution >= 0.6 is 12.2 Å². The van der Waals surface area contributed by atoms with Gasteiger partial charge in [-0.25, -0.2) is 9.18 Å². The number of rotatable bonds is 4. The molecule has 5 nitrogen and oxygen atoms in total. The normalized spacial score (nSPS) is 19.2. The minimum Gasteiger partial charge on any atom is -0.478 e. The van der Waals surface area contributed by atoms with Crippen LogP contribution in [0.4, 0.5) is 10.1 Å². The summed E-state index contributed by atoms with van der Waals surface area (Å²) in [7, 11) is 0. The zero-order valence-electron chi connectivity index (χ0n) is 14.4. The van der Waals surface area contributed by atoms with Crippen molar-refractivity contribution in [3.8, 4) is 5.75 Å². The second-order valence-electron chi connectivity index (χ2n) is 6.47. The molecule has 3 N–H and O–H groups in total. The van der Waals surface area contributed by atoms with Gasteiger partial charge in [-0.2, -0.15) is 0 Å². The Morgan fingerprint density at radius 1 is 1.31 bits per heavy atom. The average molecular weight is 374 g/mol. The van der Waals surface area contributed by atoms with Gasteiger partial charge in [0.2, 0.25) is 5.60 Å². The lowest BCUT2D eigenvalue weighted by molar-refractivity contribution is -0.152. The highest BCUT2D eigenvalue weighted by atomic mass is 32.1. The molecule has 7 heteroatoms. The van der Waals surface area contributed by atoms with E-state index in [0.717, 1.165) is 11.1 Å². The summed E-state index contributed by atoms with van der Waals surface area (Å²) in [5, 5.41) is 16.0. The van der Waals surface area contributed by atoms with Crippen LogP contribution in [0.3, 0.4) is 0 Å². The largest absolute Gasteiger partial charge is 0.478 e. The molecule has 26 heavy (non-hydrogen) atoms. The molecular weight excluding hydrogens is 355 g/mol. The maximum atomic E-state index is 13.0. The van der Waals surface area contributed by atoms with E-state index in [-0.39, 0.29) is 18.3 Å². The Morgan fingerprint density at radius 3 is 2.65 bits per heavy atom. The van der Waals surface area contributed by atoms with Crippen molar-refractivity contribution in [2.45, 2.75) is 31.9 Å². The van der Waals surface area contributed by atoms with Gasteiger partial charge in [-0.15, -0.1) is 0 Å². The van der Waals surface area contributed by atoms with Gasteiger partial charge in [0.1, 0.15) is 11.6 Å². The lowest BCUT2D eigenvalue weighted by Crippen LogP contribution is -2.39. The second-order valence-corrected chi connectivity index (χ2v) is 6.88. The van der Waals surface area contributed by atoms with Crippen molar-refractivity contribution in [2.75, 3.05) is 5.32 Å². The third-order valence-corrected chi connectivity index (χ3v) is 4.62. The highest BCUT2D eigenvalue weighted by Crippen LogP contribution is 2.39. The molecule has 1 aliphatic heterocycles. The predicted octanol–water partition coefficient (Wildman–Crippen LogP) is 3.65. The van der Waals surface area contributed by atoms with Crippen molar-refractivity contribution >= 4 is 29.0 Å². The van der Waals surface area contributed by atoms with E-state index in [1.54, 1.807) is 31.2 Å². The van der Waals surface area contributed by atoms with E-state index in [0.29, 0.717) is 16.5 Å². The van der Waals surface area contributed by atoms with Crippen molar-refractivity contribution in [1.82, 2.24) is 5.32 Å². The van der Waals surface area contributed by atoms with Crippen molar-refractivity contribution in [3.05, 3.63) is 59.4 Å². The molecule has 3 rings (SSSR count). The number of carbonyl (C=O) groups is 1. The molecule has 0 aromatic heterocycles. The topological polar surface area (TPSA) is 70.6 Å². The number of hydrogen-bond donors (Lipinski definition) is 3. The highest BCUT2D eigenvalue weighted by molar-refractivity contribution is 7.80. The third kappa shape index (κ3) is 3.62. The monoisotopic (exact) mass is 374 g/mol. The number of carboxylic acids is 1. The summed E-state index contributed by atoms with van der Waals surface area (Å²) in [5.74, 6) is -0.762. The van der Waals surface area contributed by atoms with E-state index < -0.39 is 11.6 Å². The minimum absolute atomic E-state index is 0.118. The van der Waals surface area contributed by atoms with Crippen LogP contribution in [0.5, 0.6) is 5.75 Å². The fourth-order valence-corrected chi connectivity index (χ4v) is 3.17. The van der Waals surface area contributed by atoms with Crippen molar-refractivity contribution in [3.63, 3.8) is 0 Å². The first kappa shape index (κ1) is 18.1. The predicted molar refractivity (Wildman–Crippen MR) is 101 cm³/mol. The van der Waals surface area contributed by atoms with Gasteiger partial charge in [0.15, 0.2) is 5.11 Å². The van der Waals surface area contributed by atoms with Gasteiger partial charge in [-0.05, 0) is 55.9 Å². The Kier molecular flexibility index (Phi) is 4.82. The van der Waals surface area contributed by atoms with Crippen LogP contribution in [0.2, 0.25) is 0 Å². The number of carboxylic acid groups (broad SMARTS) is 1. The van der Waals surface area contributed by atoms with Crippen LogP contribution in [-0.4, -0.2) is 21.8 Å². The number of ether oxygens (including phenoxy) is 1. The number of hydrogen-bond acceptors (Lipinski definition) is 3. The van der Waals surface area contributed by atoms with Gasteiger partial charge in [-0.3, -0.25) is 0 Å². The number of benzene rings is 2. The molecule has 1 aliphatic rings. The lowest BCUT2D eigenvalue weighted by Gasteiger charge is -2.18. The zero-order chi connectivity index (χ0) is 18.9. The van der Waals surface area contributed by atoms with E-state index in [1.807, 2.05) is 13.0 Å². The van der Waals surface area contributed by atoms with E-state index in [1.165, 1.54) is 12.1 Å². The van der Waals surface area contributed by atoms with Crippen LogP contribution in [0.15, 0.2) is 42.5 Å². The molecule has 2 aromatic carbocycles. The Bertz CT molecular complexity index is 856. The Hall–Kier alpha value is -2.67. The fourth-order valence-electron chi connectivity index (χ4n) is 2.89. The fraction of sp³-hybridized carbons (Fsp3) is 0.263. The molecule has 2 unspecified atom stereocenters. The minimum atomic E-state index is -1.28. The van der Waals surface area contributed by atoms with Gasteiger partial charge in [0, 0.05) is 17.7 Å². The lowest BCUT2D eigenvalue weighted by atomic mass is 9.98. The second kappa shape index (κ2) is 6.92. The first-order chi connectivity index (χ1) is 12.3. The average Bonchev–Trinajstić information content (AvgIpc) is 2.94. The van der Waals surface area contributed by atoms with Crippen LogP contribution in [-0.2, 0) is 11.2 Å². The molecular formula is C19H19FN2O3S. The van der Waals surface area contributed by atoms with Crippen molar-refractivity contribution in [1.29, 1.82) is 0 Å². The maximum Gasteiger partial charge on any atom is 0.348 e. The van der Waals surface area contributed by atoms with Gasteiger partial charge in [0.25, 0.3) is 0 Å². The Labute approximate surface area is 156 Å². The smallest absolute Gasteiger partial charge is 0.348 e. The number of anilines is 1. The molecule has 0 bridgehead atoms. The SMILES string of the molecule is CC(NC(=S)Nc1cccc2c1CC(C)(C(=O)O)O2)c1ccc(F)cc1. The molecule has 2 atom stereocenters. The molecule has 1 heterocycles. The first-order valence-corrected chi connectivity index (χ1v) is 8.56. The quantitative estimate of drug-likeness (QED) is 0.710. The van der Waals surface area contributed by atoms with Crippen LogP contribution in [0.25, 0.3) is 0 Å². The van der Waals surface area contributed by atoms with Gasteiger partial charge < -0.3 is 20.5 Å². The molecule has 0 fully saturated rings. The highest BCUT2D eigenvalue weighted by Gasteiger charge is 2.43. The number of fused-ring (bicyclic) bond motifs is 1. The molecule has 0 saturated heterocycles. The summed E-state index contributed by atoms with van der Waals surface area (Å²) in [5.41, 5.74) is 1.10. The summed E-state index contributed by atoms with van der Waals surface area (Å²) in [4.78, 5) is 11.4. The number of thiocarbonyl (C=S) groups is 1. The molecule has 0 saturated carbocycles. The zero-order valence-corrected chi connectivity index (χ0v) is 15.2. The summed E-state index contributed by atoms with van der Waals surface area (Å²) < 4.78 is 18.6. The van der Waals surface area contributed by atoms with Gasteiger partial charge in [0.05, 0.1) is 6.04 Å². The summed E-state index contributed by atoms with van der Waals surface area (Å²) in [6.07, 6.45) is 0.247. The van der Waals surface area contributed by atoms with Gasteiger partial charge in [-0.1, -0.05) is 18.2 Å². The van der Waals surface area contributed by atoms with Gasteiger partial charge >= 0.3 is 5.97 Å². The summed E-state index contributed by atoms with van der Waals surface area (Å²) in [6, 6.07) is 11.4. The maximum absolute atomic E-state index is 13.0. The Balaban J connectivity index is 1.71. The van der Waals surface area contributed by atoms with E-state index in [9.17, 15) is 14.3 Å². The first-order valence-electron chi connectivity index (χ1n) is 8.16. The van der Waals surface area contributed by atoms with Crippen LogP contribution in [0, 0.1) is 5.82 Å². The molecule has 0 spiro atoms.